The standard InChI is InChI=1S/C44H84O5/c1-3-5-7-9-11-13-15-16-17-18-19-20-21-22-23-24-25-26-27-28-29-31-32-34-36-38-43(46)48-41-42(40-45)49-44(47)39-37-35-33-30-14-12-10-8-6-4-2/h8,10,42,45H,3-7,9,11-41H2,1-2H3/b10-8-. The molecule has 290 valence electrons. The largest absolute Gasteiger partial charge is 0.462 e. The Kier molecular flexibility index (Phi) is 39.9. The molecular weight excluding hydrogens is 608 g/mol. The smallest absolute Gasteiger partial charge is 0.306 e. The van der Waals surface area contributed by atoms with E-state index in [9.17, 15) is 14.7 Å². The molecule has 0 aliphatic heterocycles. The van der Waals surface area contributed by atoms with Gasteiger partial charge in [0, 0.05) is 12.8 Å². The quantitative estimate of drug-likeness (QED) is 0.0393. The molecule has 0 amide bonds. The van der Waals surface area contributed by atoms with Crippen molar-refractivity contribution in [2.45, 2.75) is 245 Å². The van der Waals surface area contributed by atoms with Crippen LogP contribution in [-0.4, -0.2) is 36.4 Å². The number of hydrogen-bond acceptors (Lipinski definition) is 5. The fourth-order valence-electron chi connectivity index (χ4n) is 6.50. The van der Waals surface area contributed by atoms with Crippen molar-refractivity contribution >= 4 is 11.9 Å². The van der Waals surface area contributed by atoms with Gasteiger partial charge in [0.1, 0.15) is 6.61 Å². The molecule has 5 nitrogen and oxygen atoms in total. The number of rotatable bonds is 40. The molecule has 0 aromatic carbocycles. The second-order valence-electron chi connectivity index (χ2n) is 14.8. The minimum absolute atomic E-state index is 0.0634. The fourth-order valence-corrected chi connectivity index (χ4v) is 6.50. The molecule has 5 heteroatoms. The van der Waals surface area contributed by atoms with E-state index in [1.807, 2.05) is 0 Å². The van der Waals surface area contributed by atoms with Crippen molar-refractivity contribution in [2.75, 3.05) is 13.2 Å². The molecule has 0 fully saturated rings. The van der Waals surface area contributed by atoms with Gasteiger partial charge in [-0.25, -0.2) is 0 Å². The van der Waals surface area contributed by atoms with E-state index in [2.05, 4.69) is 26.0 Å². The third-order valence-corrected chi connectivity index (χ3v) is 9.79. The predicted octanol–water partition coefficient (Wildman–Crippen LogP) is 13.7. The van der Waals surface area contributed by atoms with Crippen LogP contribution in [0, 0.1) is 0 Å². The molecule has 1 unspecified atom stereocenters. The lowest BCUT2D eigenvalue weighted by Crippen LogP contribution is -2.28. The van der Waals surface area contributed by atoms with Crippen LogP contribution < -0.4 is 0 Å². The number of allylic oxidation sites excluding steroid dienone is 2. The molecular formula is C44H84O5. The van der Waals surface area contributed by atoms with Gasteiger partial charge < -0.3 is 14.6 Å². The Hall–Kier alpha value is -1.36. The summed E-state index contributed by atoms with van der Waals surface area (Å²) in [5.74, 6) is -0.592. The SMILES string of the molecule is CCC/C=C\CCCCCCCC(=O)OC(CO)COC(=O)CCCCCCCCCCCCCCCCCCCCCCCCCCC. The molecule has 0 aromatic heterocycles. The number of esters is 2. The van der Waals surface area contributed by atoms with E-state index in [1.165, 1.54) is 167 Å². The first kappa shape index (κ1) is 47.6. The first-order chi connectivity index (χ1) is 24.1. The first-order valence-corrected chi connectivity index (χ1v) is 21.7. The topological polar surface area (TPSA) is 72.8 Å². The average molecular weight is 693 g/mol. The number of unbranched alkanes of at least 4 members (excludes halogenated alkanes) is 30. The summed E-state index contributed by atoms with van der Waals surface area (Å²) in [6.07, 6.45) is 47.3. The summed E-state index contributed by atoms with van der Waals surface area (Å²) in [5, 5.41) is 9.53. The molecule has 0 radical (unpaired) electrons. The minimum Gasteiger partial charge on any atom is -0.462 e. The van der Waals surface area contributed by atoms with Crippen molar-refractivity contribution in [1.82, 2.24) is 0 Å². The molecule has 0 aliphatic carbocycles. The highest BCUT2D eigenvalue weighted by Crippen LogP contribution is 2.16. The van der Waals surface area contributed by atoms with Crippen LogP contribution in [0.25, 0.3) is 0 Å². The zero-order chi connectivity index (χ0) is 35.7. The third kappa shape index (κ3) is 39.3. The zero-order valence-corrected chi connectivity index (χ0v) is 33.0. The maximum absolute atomic E-state index is 12.1. The van der Waals surface area contributed by atoms with Crippen molar-refractivity contribution in [3.8, 4) is 0 Å². The number of aliphatic hydroxyl groups excluding tert-OH is 1. The number of carbonyl (C=O) groups excluding carboxylic acids is 2. The van der Waals surface area contributed by atoms with Gasteiger partial charge in [-0.15, -0.1) is 0 Å². The van der Waals surface area contributed by atoms with E-state index >= 15 is 0 Å². The highest BCUT2D eigenvalue weighted by molar-refractivity contribution is 5.70. The maximum Gasteiger partial charge on any atom is 0.306 e. The van der Waals surface area contributed by atoms with Gasteiger partial charge in [0.05, 0.1) is 6.61 Å². The molecule has 0 spiro atoms. The van der Waals surface area contributed by atoms with Gasteiger partial charge in [0.25, 0.3) is 0 Å². The van der Waals surface area contributed by atoms with Crippen LogP contribution in [0.1, 0.15) is 239 Å². The van der Waals surface area contributed by atoms with Crippen molar-refractivity contribution in [1.29, 1.82) is 0 Å². The highest BCUT2D eigenvalue weighted by atomic mass is 16.6. The van der Waals surface area contributed by atoms with Crippen LogP contribution in [0.2, 0.25) is 0 Å². The normalized spacial score (nSPS) is 12.1. The second-order valence-corrected chi connectivity index (χ2v) is 14.8. The summed E-state index contributed by atoms with van der Waals surface area (Å²) in [6.45, 7) is 4.09. The Balaban J connectivity index is 3.40. The fraction of sp³-hybridized carbons (Fsp3) is 0.909. The van der Waals surface area contributed by atoms with Crippen molar-refractivity contribution in [2.24, 2.45) is 0 Å². The van der Waals surface area contributed by atoms with Crippen molar-refractivity contribution in [3.63, 3.8) is 0 Å². The van der Waals surface area contributed by atoms with E-state index in [-0.39, 0.29) is 25.2 Å². The highest BCUT2D eigenvalue weighted by Gasteiger charge is 2.16. The van der Waals surface area contributed by atoms with Gasteiger partial charge in [-0.05, 0) is 32.1 Å². The van der Waals surface area contributed by atoms with E-state index in [0.717, 1.165) is 44.9 Å². The molecule has 0 saturated heterocycles. The van der Waals surface area contributed by atoms with E-state index in [1.54, 1.807) is 0 Å². The lowest BCUT2D eigenvalue weighted by Gasteiger charge is -2.15. The molecule has 0 rings (SSSR count). The van der Waals surface area contributed by atoms with Crippen LogP contribution in [0.15, 0.2) is 12.2 Å². The van der Waals surface area contributed by atoms with Gasteiger partial charge in [0.2, 0.25) is 0 Å². The van der Waals surface area contributed by atoms with Gasteiger partial charge in [-0.3, -0.25) is 9.59 Å². The summed E-state index contributed by atoms with van der Waals surface area (Å²) in [4.78, 5) is 24.2. The Morgan fingerprint density at radius 1 is 0.449 bits per heavy atom. The molecule has 1 atom stereocenters. The molecule has 0 aliphatic rings. The summed E-state index contributed by atoms with van der Waals surface area (Å²) in [7, 11) is 0. The third-order valence-electron chi connectivity index (χ3n) is 9.79. The lowest BCUT2D eigenvalue weighted by atomic mass is 10.0. The Morgan fingerprint density at radius 2 is 0.796 bits per heavy atom. The molecule has 0 heterocycles. The summed E-state index contributed by atoms with van der Waals surface area (Å²) >= 11 is 0. The molecule has 49 heavy (non-hydrogen) atoms. The Bertz CT molecular complexity index is 705. The summed E-state index contributed by atoms with van der Waals surface area (Å²) in [5.41, 5.74) is 0. The minimum atomic E-state index is -0.768. The molecule has 0 aromatic rings. The molecule has 0 saturated carbocycles. The van der Waals surface area contributed by atoms with Crippen LogP contribution in [0.4, 0.5) is 0 Å². The zero-order valence-electron chi connectivity index (χ0n) is 33.0. The average Bonchev–Trinajstić information content (AvgIpc) is 3.10. The maximum atomic E-state index is 12.1. The van der Waals surface area contributed by atoms with Gasteiger partial charge in [-0.2, -0.15) is 0 Å². The van der Waals surface area contributed by atoms with Gasteiger partial charge in [0.15, 0.2) is 6.10 Å². The first-order valence-electron chi connectivity index (χ1n) is 21.7. The number of carbonyl (C=O) groups is 2. The summed E-state index contributed by atoms with van der Waals surface area (Å²) in [6, 6.07) is 0. The van der Waals surface area contributed by atoms with Crippen LogP contribution in [-0.2, 0) is 19.1 Å². The number of aliphatic hydroxyl groups is 1. The van der Waals surface area contributed by atoms with Crippen LogP contribution in [0.3, 0.4) is 0 Å². The number of hydrogen-bond donors (Lipinski definition) is 1. The van der Waals surface area contributed by atoms with Crippen LogP contribution >= 0.6 is 0 Å². The number of ether oxygens (including phenoxy) is 2. The monoisotopic (exact) mass is 693 g/mol. The van der Waals surface area contributed by atoms with E-state index < -0.39 is 6.10 Å². The second kappa shape index (κ2) is 41.1. The lowest BCUT2D eigenvalue weighted by molar-refractivity contribution is -0.161. The van der Waals surface area contributed by atoms with Crippen LogP contribution in [0.5, 0.6) is 0 Å². The van der Waals surface area contributed by atoms with Crippen molar-refractivity contribution in [3.05, 3.63) is 12.2 Å². The molecule has 1 N–H and O–H groups in total. The summed E-state index contributed by atoms with van der Waals surface area (Å²) < 4.78 is 10.6. The van der Waals surface area contributed by atoms with E-state index in [4.69, 9.17) is 9.47 Å². The Labute approximate surface area is 305 Å². The van der Waals surface area contributed by atoms with Crippen molar-refractivity contribution < 1.29 is 24.2 Å². The van der Waals surface area contributed by atoms with Gasteiger partial charge >= 0.3 is 11.9 Å². The van der Waals surface area contributed by atoms with Gasteiger partial charge in [-0.1, -0.05) is 206 Å². The Morgan fingerprint density at radius 3 is 1.18 bits per heavy atom. The predicted molar refractivity (Wildman–Crippen MR) is 210 cm³/mol. The molecule has 0 bridgehead atoms. The van der Waals surface area contributed by atoms with E-state index in [0.29, 0.717) is 12.8 Å².